The molecular weight excluding hydrogens is 563 g/mol. The van der Waals surface area contributed by atoms with Crippen molar-refractivity contribution >= 4 is 13.9 Å². The quantitative estimate of drug-likeness (QED) is 0.327. The third-order valence-corrected chi connectivity index (χ3v) is 15.1. The summed E-state index contributed by atoms with van der Waals surface area (Å²) >= 11 is 0. The molecule has 242 valence electrons. The Morgan fingerprint density at radius 3 is 2.20 bits per heavy atom. The first-order chi connectivity index (χ1) is 20.5. The number of ether oxygens (including phenoxy) is 2. The van der Waals surface area contributed by atoms with Crippen LogP contribution in [-0.2, 0) is 25.7 Å². The highest BCUT2D eigenvalue weighted by Crippen LogP contribution is 2.52. The van der Waals surface area contributed by atoms with Crippen LogP contribution in [0.15, 0.2) is 30.3 Å². The molecule has 1 N–H and O–H groups in total. The predicted octanol–water partition coefficient (Wildman–Crippen LogP) is 9.19. The molecule has 3 aliphatic rings. The maximum Gasteiger partial charge on any atom is 0.192 e. The Morgan fingerprint density at radius 2 is 1.64 bits per heavy atom. The minimum atomic E-state index is -2.13. The summed E-state index contributed by atoms with van der Waals surface area (Å²) < 4.78 is 19.0. The Morgan fingerprint density at radius 1 is 0.977 bits per heavy atom. The monoisotopic (exact) mass is 619 g/mol. The van der Waals surface area contributed by atoms with Crippen LogP contribution in [0.2, 0.25) is 18.1 Å². The molecule has 6 heteroatoms. The van der Waals surface area contributed by atoms with Crippen LogP contribution >= 0.6 is 0 Å². The number of pyridine rings is 1. The maximum atomic E-state index is 12.5. The first-order valence-electron chi connectivity index (χ1n) is 16.9. The highest BCUT2D eigenvalue weighted by molar-refractivity contribution is 6.74. The smallest absolute Gasteiger partial charge is 0.192 e. The van der Waals surface area contributed by atoms with Crippen LogP contribution in [0, 0.1) is 5.41 Å². The van der Waals surface area contributed by atoms with E-state index in [9.17, 15) is 5.11 Å². The van der Waals surface area contributed by atoms with E-state index in [-0.39, 0.29) is 27.9 Å². The summed E-state index contributed by atoms with van der Waals surface area (Å²) in [4.78, 5) is 5.60. The first-order valence-corrected chi connectivity index (χ1v) is 19.8. The lowest BCUT2D eigenvalue weighted by molar-refractivity contribution is 0.0828. The molecule has 0 saturated carbocycles. The summed E-state index contributed by atoms with van der Waals surface area (Å²) in [5.41, 5.74) is 9.17. The van der Waals surface area contributed by atoms with Gasteiger partial charge in [-0.2, -0.15) is 0 Å². The van der Waals surface area contributed by atoms with Crippen LogP contribution in [0.5, 0.6) is 0 Å². The molecule has 0 spiro atoms. The summed E-state index contributed by atoms with van der Waals surface area (Å²) in [6.07, 6.45) is 5.89. The molecule has 1 fully saturated rings. The van der Waals surface area contributed by atoms with Gasteiger partial charge in [0.1, 0.15) is 6.10 Å². The van der Waals surface area contributed by atoms with Crippen molar-refractivity contribution < 1.29 is 19.0 Å². The van der Waals surface area contributed by atoms with E-state index in [1.807, 2.05) is 0 Å². The highest BCUT2D eigenvalue weighted by atomic mass is 28.4. The third-order valence-electron chi connectivity index (χ3n) is 10.6. The van der Waals surface area contributed by atoms with Gasteiger partial charge in [-0.15, -0.1) is 0 Å². The Kier molecular flexibility index (Phi) is 9.45. The topological polar surface area (TPSA) is 60.8 Å². The van der Waals surface area contributed by atoms with Crippen LogP contribution < -0.4 is 0 Å². The second-order valence-electron chi connectivity index (χ2n) is 16.8. The van der Waals surface area contributed by atoms with Crippen molar-refractivity contribution in [2.24, 2.45) is 5.41 Å². The van der Waals surface area contributed by atoms with Crippen LogP contribution in [-0.4, -0.2) is 44.8 Å². The zero-order chi connectivity index (χ0) is 32.1. The molecule has 1 aromatic carbocycles. The largest absolute Gasteiger partial charge is 0.410 e. The van der Waals surface area contributed by atoms with Gasteiger partial charge in [0.15, 0.2) is 8.32 Å². The molecule has 0 radical (unpaired) electrons. The van der Waals surface area contributed by atoms with Gasteiger partial charge in [0.05, 0.1) is 25.0 Å². The molecule has 2 aliphatic heterocycles. The Balaban J connectivity index is 1.78. The van der Waals surface area contributed by atoms with Gasteiger partial charge >= 0.3 is 0 Å². The van der Waals surface area contributed by atoms with Crippen LogP contribution in [0.4, 0.5) is 0 Å². The van der Waals surface area contributed by atoms with E-state index >= 15 is 0 Å². The molecule has 44 heavy (non-hydrogen) atoms. The number of fused-ring (bicyclic) bond motifs is 1. The lowest BCUT2D eigenvalue weighted by atomic mass is 9.70. The van der Waals surface area contributed by atoms with E-state index in [1.165, 1.54) is 22.3 Å². The van der Waals surface area contributed by atoms with Gasteiger partial charge in [-0.25, -0.2) is 0 Å². The lowest BCUT2D eigenvalue weighted by Gasteiger charge is -2.45. The van der Waals surface area contributed by atoms with Gasteiger partial charge in [-0.05, 0) is 83.3 Å². The molecule has 1 aliphatic carbocycles. The standard InChI is InChI=1S/C38H57NO4Si/c1-36(2,3)28-13-11-27(12-14-28)35(40)33-31(25-15-19-41-20-16-25)32-29(39-34(33)26-17-21-42-22-18-26)23-38(7,8)24-30(32)43-44(9,10)37(4,5)6/h11-15,26,30,35,40H,16-24H2,1-10H3/t30?,35-/m1/s1. The second-order valence-corrected chi connectivity index (χ2v) is 21.5. The van der Waals surface area contributed by atoms with Crippen molar-refractivity contribution in [3.8, 4) is 0 Å². The highest BCUT2D eigenvalue weighted by Gasteiger charge is 2.45. The fourth-order valence-electron chi connectivity index (χ4n) is 6.92. The average Bonchev–Trinajstić information content (AvgIpc) is 2.95. The van der Waals surface area contributed by atoms with Crippen molar-refractivity contribution in [1.82, 2.24) is 4.98 Å². The van der Waals surface area contributed by atoms with Crippen molar-refractivity contribution in [1.29, 1.82) is 0 Å². The SMILES string of the molecule is CC1(C)Cc2nc(C3CCOCC3)c([C@H](O)c3ccc(C(C)(C)C)cc3)c(C3=CCOCC3)c2C(O[Si](C)(C)C(C)(C)C)C1. The molecule has 5 nitrogen and oxygen atoms in total. The Hall–Kier alpha value is -1.83. The van der Waals surface area contributed by atoms with E-state index in [0.29, 0.717) is 13.2 Å². The molecule has 5 rings (SSSR count). The van der Waals surface area contributed by atoms with Crippen LogP contribution in [0.25, 0.3) is 5.57 Å². The number of hydrogen-bond acceptors (Lipinski definition) is 5. The molecule has 2 atom stereocenters. The normalized spacial score (nSPS) is 22.3. The fraction of sp³-hybridized carbons (Fsp3) is 0.658. The van der Waals surface area contributed by atoms with Gasteiger partial charge < -0.3 is 19.0 Å². The number of hydrogen-bond donors (Lipinski definition) is 1. The van der Waals surface area contributed by atoms with Gasteiger partial charge in [-0.3, -0.25) is 4.98 Å². The Labute approximate surface area is 267 Å². The average molecular weight is 620 g/mol. The van der Waals surface area contributed by atoms with Crippen molar-refractivity contribution in [2.75, 3.05) is 26.4 Å². The number of aliphatic hydroxyl groups is 1. The molecule has 1 aromatic heterocycles. The van der Waals surface area contributed by atoms with Crippen LogP contribution in [0.3, 0.4) is 0 Å². The maximum absolute atomic E-state index is 12.5. The van der Waals surface area contributed by atoms with E-state index in [2.05, 4.69) is 98.8 Å². The van der Waals surface area contributed by atoms with Gasteiger partial charge in [0, 0.05) is 36.0 Å². The summed E-state index contributed by atoms with van der Waals surface area (Å²) in [6.45, 7) is 25.8. The molecule has 0 bridgehead atoms. The molecule has 1 unspecified atom stereocenters. The summed E-state index contributed by atoms with van der Waals surface area (Å²) in [5.74, 6) is 0.247. The summed E-state index contributed by atoms with van der Waals surface area (Å²) in [7, 11) is -2.13. The number of aliphatic hydroxyl groups excluding tert-OH is 1. The first kappa shape index (κ1) is 33.5. The van der Waals surface area contributed by atoms with E-state index in [4.69, 9.17) is 18.9 Å². The van der Waals surface area contributed by atoms with E-state index < -0.39 is 14.4 Å². The minimum absolute atomic E-state index is 0.0449. The van der Waals surface area contributed by atoms with Gasteiger partial charge in [0.25, 0.3) is 0 Å². The molecule has 3 heterocycles. The molecule has 0 amide bonds. The zero-order valence-corrected chi connectivity index (χ0v) is 30.1. The molecule has 2 aromatic rings. The third kappa shape index (κ3) is 6.95. The van der Waals surface area contributed by atoms with Gasteiger partial charge in [0.2, 0.25) is 0 Å². The van der Waals surface area contributed by atoms with Crippen molar-refractivity contribution in [3.63, 3.8) is 0 Å². The lowest BCUT2D eigenvalue weighted by Crippen LogP contribution is -2.44. The summed E-state index contributed by atoms with van der Waals surface area (Å²) in [6, 6.07) is 8.59. The summed E-state index contributed by atoms with van der Waals surface area (Å²) in [5, 5.41) is 12.6. The van der Waals surface area contributed by atoms with Gasteiger partial charge in [-0.1, -0.05) is 85.7 Å². The van der Waals surface area contributed by atoms with Crippen LogP contribution in [0.1, 0.15) is 138 Å². The number of rotatable bonds is 6. The van der Waals surface area contributed by atoms with E-state index in [0.717, 1.165) is 67.8 Å². The molecule has 1 saturated heterocycles. The second kappa shape index (κ2) is 12.4. The number of benzene rings is 1. The van der Waals surface area contributed by atoms with Crippen molar-refractivity contribution in [3.05, 3.63) is 69.5 Å². The fourth-order valence-corrected chi connectivity index (χ4v) is 8.18. The zero-order valence-electron chi connectivity index (χ0n) is 29.1. The predicted molar refractivity (Wildman–Crippen MR) is 183 cm³/mol. The number of aromatic nitrogens is 1. The van der Waals surface area contributed by atoms with E-state index in [1.54, 1.807) is 0 Å². The number of nitrogens with zero attached hydrogens (tertiary/aromatic N) is 1. The van der Waals surface area contributed by atoms with Crippen molar-refractivity contribution in [2.45, 2.75) is 129 Å². The Bertz CT molecular complexity index is 1360. The minimum Gasteiger partial charge on any atom is -0.410 e. The molecular formula is C38H57NO4Si.